The molecule has 0 bridgehead atoms. The fourth-order valence-electron chi connectivity index (χ4n) is 2.46. The fraction of sp³-hybridized carbons (Fsp3) is 0.909. The van der Waals surface area contributed by atoms with Crippen molar-refractivity contribution in [1.82, 2.24) is 0 Å². The molecule has 0 aromatic heterocycles. The third-order valence-corrected chi connectivity index (χ3v) is 4.75. The number of thioether (sulfide) groups is 1. The summed E-state index contributed by atoms with van der Waals surface area (Å²) >= 11 is 1.65. The van der Waals surface area contributed by atoms with Crippen LogP contribution >= 0.6 is 11.8 Å². The third kappa shape index (κ3) is 1.79. The second kappa shape index (κ2) is 3.44. The van der Waals surface area contributed by atoms with Crippen molar-refractivity contribution >= 4 is 17.7 Å². The van der Waals surface area contributed by atoms with Crippen molar-refractivity contribution in [3.05, 3.63) is 0 Å². The predicted molar refractivity (Wildman–Crippen MR) is 58.5 cm³/mol. The van der Waals surface area contributed by atoms with E-state index < -0.39 is 10.7 Å². The van der Waals surface area contributed by atoms with Crippen LogP contribution < -0.4 is 0 Å². The van der Waals surface area contributed by atoms with Gasteiger partial charge in [0.05, 0.1) is 0 Å². The lowest BCUT2D eigenvalue weighted by molar-refractivity contribution is -0.143. The topological polar surface area (TPSA) is 37.3 Å². The minimum absolute atomic E-state index is 0.422. The molecule has 3 heteroatoms. The Hall–Kier alpha value is -0.180. The van der Waals surface area contributed by atoms with E-state index in [1.807, 2.05) is 0 Å². The van der Waals surface area contributed by atoms with Gasteiger partial charge in [-0.2, -0.15) is 0 Å². The first-order chi connectivity index (χ1) is 6.53. The minimum atomic E-state index is -0.590. The standard InChI is InChI=1S/C11H18O2S/c1-7(2)14-11(10(12)13)5-9(6-11)8-3-4-8/h7-9H,3-6H2,1-2H3,(H,12,13). The van der Waals surface area contributed by atoms with Gasteiger partial charge in [-0.15, -0.1) is 11.8 Å². The molecule has 0 aromatic rings. The average Bonchev–Trinajstić information content (AvgIpc) is 2.76. The highest BCUT2D eigenvalue weighted by Crippen LogP contribution is 2.57. The Morgan fingerprint density at radius 1 is 1.36 bits per heavy atom. The van der Waals surface area contributed by atoms with E-state index in [2.05, 4.69) is 13.8 Å². The summed E-state index contributed by atoms with van der Waals surface area (Å²) in [4.78, 5) is 11.2. The van der Waals surface area contributed by atoms with Crippen molar-refractivity contribution in [3.63, 3.8) is 0 Å². The van der Waals surface area contributed by atoms with Gasteiger partial charge in [0.2, 0.25) is 0 Å². The van der Waals surface area contributed by atoms with E-state index in [0.717, 1.165) is 24.7 Å². The lowest BCUT2D eigenvalue weighted by atomic mass is 9.71. The molecule has 0 radical (unpaired) electrons. The van der Waals surface area contributed by atoms with Crippen molar-refractivity contribution in [2.75, 3.05) is 0 Å². The molecular formula is C11H18O2S. The number of aliphatic carboxylic acids is 1. The summed E-state index contributed by atoms with van der Waals surface area (Å²) < 4.78 is -0.429. The van der Waals surface area contributed by atoms with Gasteiger partial charge in [0.15, 0.2) is 0 Å². The maximum Gasteiger partial charge on any atom is 0.319 e. The second-order valence-corrected chi connectivity index (χ2v) is 6.93. The summed E-state index contributed by atoms with van der Waals surface area (Å²) in [5.41, 5.74) is 0. The molecule has 0 amide bonds. The molecule has 0 unspecified atom stereocenters. The van der Waals surface area contributed by atoms with E-state index in [0.29, 0.717) is 5.25 Å². The Morgan fingerprint density at radius 3 is 2.29 bits per heavy atom. The third-order valence-electron chi connectivity index (χ3n) is 3.32. The number of carboxylic acid groups (broad SMARTS) is 1. The highest BCUT2D eigenvalue weighted by Gasteiger charge is 2.55. The monoisotopic (exact) mass is 214 g/mol. The number of rotatable bonds is 4. The summed E-state index contributed by atoms with van der Waals surface area (Å²) in [7, 11) is 0. The van der Waals surface area contributed by atoms with Crippen molar-refractivity contribution in [2.24, 2.45) is 11.8 Å². The number of carboxylic acids is 1. The Balaban J connectivity index is 1.93. The lowest BCUT2D eigenvalue weighted by Gasteiger charge is -2.45. The van der Waals surface area contributed by atoms with Crippen LogP contribution in [0.25, 0.3) is 0 Å². The van der Waals surface area contributed by atoms with Crippen LogP contribution in [0, 0.1) is 11.8 Å². The normalized spacial score (nSPS) is 36.9. The molecular weight excluding hydrogens is 196 g/mol. The molecule has 0 saturated heterocycles. The first kappa shape index (κ1) is 10.3. The second-order valence-electron chi connectivity index (χ2n) is 4.97. The molecule has 0 atom stereocenters. The van der Waals surface area contributed by atoms with Gasteiger partial charge in [-0.05, 0) is 37.5 Å². The summed E-state index contributed by atoms with van der Waals surface area (Å²) in [6.45, 7) is 4.17. The van der Waals surface area contributed by atoms with E-state index in [1.54, 1.807) is 11.8 Å². The summed E-state index contributed by atoms with van der Waals surface area (Å²) in [6, 6.07) is 0. The highest BCUT2D eigenvalue weighted by atomic mass is 32.2. The number of hydrogen-bond acceptors (Lipinski definition) is 2. The Labute approximate surface area is 89.5 Å². The first-order valence-corrected chi connectivity index (χ1v) is 6.33. The van der Waals surface area contributed by atoms with Gasteiger partial charge in [-0.1, -0.05) is 13.8 Å². The molecule has 2 fully saturated rings. The van der Waals surface area contributed by atoms with Crippen molar-refractivity contribution in [1.29, 1.82) is 0 Å². The van der Waals surface area contributed by atoms with Crippen molar-refractivity contribution in [3.8, 4) is 0 Å². The van der Waals surface area contributed by atoms with Crippen LogP contribution in [0.15, 0.2) is 0 Å². The van der Waals surface area contributed by atoms with Crippen LogP contribution in [0.5, 0.6) is 0 Å². The number of carbonyl (C=O) groups is 1. The predicted octanol–water partition coefficient (Wildman–Crippen LogP) is 2.77. The van der Waals surface area contributed by atoms with Crippen LogP contribution in [0.2, 0.25) is 0 Å². The highest BCUT2D eigenvalue weighted by molar-refractivity contribution is 8.02. The zero-order chi connectivity index (χ0) is 10.3. The quantitative estimate of drug-likeness (QED) is 0.782. The Bertz CT molecular complexity index is 240. The van der Waals surface area contributed by atoms with Crippen LogP contribution in [-0.4, -0.2) is 21.1 Å². The molecule has 2 nitrogen and oxygen atoms in total. The first-order valence-electron chi connectivity index (χ1n) is 5.45. The van der Waals surface area contributed by atoms with E-state index in [1.165, 1.54) is 12.8 Å². The summed E-state index contributed by atoms with van der Waals surface area (Å²) in [5, 5.41) is 9.65. The maximum absolute atomic E-state index is 11.2. The van der Waals surface area contributed by atoms with Gasteiger partial charge >= 0.3 is 5.97 Å². The lowest BCUT2D eigenvalue weighted by Crippen LogP contribution is -2.49. The minimum Gasteiger partial charge on any atom is -0.480 e. The van der Waals surface area contributed by atoms with Gasteiger partial charge in [-0.3, -0.25) is 4.79 Å². The molecule has 14 heavy (non-hydrogen) atoms. The molecule has 0 heterocycles. The Morgan fingerprint density at radius 2 is 1.93 bits per heavy atom. The SMILES string of the molecule is CC(C)SC1(C(=O)O)CC(C2CC2)C1. The molecule has 0 aromatic carbocycles. The molecule has 80 valence electrons. The molecule has 2 rings (SSSR count). The van der Waals surface area contributed by atoms with E-state index in [-0.39, 0.29) is 0 Å². The van der Waals surface area contributed by atoms with E-state index in [9.17, 15) is 9.90 Å². The van der Waals surface area contributed by atoms with E-state index >= 15 is 0 Å². The molecule has 0 aliphatic heterocycles. The summed E-state index contributed by atoms with van der Waals surface area (Å²) in [5.74, 6) is 1.00. The maximum atomic E-state index is 11.2. The van der Waals surface area contributed by atoms with Crippen LogP contribution in [0.1, 0.15) is 39.5 Å². The van der Waals surface area contributed by atoms with Crippen LogP contribution in [0.3, 0.4) is 0 Å². The fourth-order valence-corrected chi connectivity index (χ4v) is 4.08. The molecule has 2 aliphatic rings. The largest absolute Gasteiger partial charge is 0.480 e. The molecule has 1 N–H and O–H groups in total. The van der Waals surface area contributed by atoms with Crippen LogP contribution in [-0.2, 0) is 4.79 Å². The number of hydrogen-bond donors (Lipinski definition) is 1. The zero-order valence-electron chi connectivity index (χ0n) is 8.82. The van der Waals surface area contributed by atoms with Crippen molar-refractivity contribution < 1.29 is 9.90 Å². The molecule has 2 aliphatic carbocycles. The van der Waals surface area contributed by atoms with Crippen molar-refractivity contribution in [2.45, 2.75) is 49.5 Å². The van der Waals surface area contributed by atoms with E-state index in [4.69, 9.17) is 0 Å². The summed E-state index contributed by atoms with van der Waals surface area (Å²) in [6.07, 6.45) is 4.51. The van der Waals surface area contributed by atoms with Gasteiger partial charge in [0.25, 0.3) is 0 Å². The van der Waals surface area contributed by atoms with Gasteiger partial charge < -0.3 is 5.11 Å². The zero-order valence-corrected chi connectivity index (χ0v) is 9.64. The van der Waals surface area contributed by atoms with Gasteiger partial charge in [-0.25, -0.2) is 0 Å². The van der Waals surface area contributed by atoms with Crippen LogP contribution in [0.4, 0.5) is 0 Å². The average molecular weight is 214 g/mol. The molecule has 2 saturated carbocycles. The smallest absolute Gasteiger partial charge is 0.319 e. The van der Waals surface area contributed by atoms with Gasteiger partial charge in [0, 0.05) is 5.25 Å². The molecule has 0 spiro atoms. The Kier molecular flexibility index (Phi) is 2.54. The van der Waals surface area contributed by atoms with Gasteiger partial charge in [0.1, 0.15) is 4.75 Å².